The lowest BCUT2D eigenvalue weighted by atomic mass is 9.81. The molecular formula is C18H26ClN. The lowest BCUT2D eigenvalue weighted by Crippen LogP contribution is -2.31. The molecule has 20 heavy (non-hydrogen) atoms. The van der Waals surface area contributed by atoms with E-state index in [4.69, 9.17) is 11.6 Å². The molecule has 0 spiro atoms. The van der Waals surface area contributed by atoms with Gasteiger partial charge in [-0.25, -0.2) is 0 Å². The summed E-state index contributed by atoms with van der Waals surface area (Å²) in [4.78, 5) is 0. The summed E-state index contributed by atoms with van der Waals surface area (Å²) in [6, 6.07) is 6.99. The molecule has 2 aliphatic carbocycles. The van der Waals surface area contributed by atoms with Crippen molar-refractivity contribution in [3.8, 4) is 0 Å². The Morgan fingerprint density at radius 2 is 1.85 bits per heavy atom. The van der Waals surface area contributed by atoms with E-state index < -0.39 is 0 Å². The van der Waals surface area contributed by atoms with Crippen LogP contribution in [0.25, 0.3) is 0 Å². The molecule has 0 heterocycles. The van der Waals surface area contributed by atoms with E-state index in [1.807, 2.05) is 6.07 Å². The fourth-order valence-corrected chi connectivity index (χ4v) is 4.04. The zero-order chi connectivity index (χ0) is 13.9. The maximum absolute atomic E-state index is 6.07. The van der Waals surface area contributed by atoms with Crippen molar-refractivity contribution in [3.63, 3.8) is 0 Å². The number of hydrogen-bond donors (Lipinski definition) is 1. The quantitative estimate of drug-likeness (QED) is 0.854. The molecule has 1 nitrogen and oxygen atoms in total. The van der Waals surface area contributed by atoms with Crippen molar-refractivity contribution in [2.45, 2.75) is 57.9 Å². The molecule has 1 N–H and O–H groups in total. The summed E-state index contributed by atoms with van der Waals surface area (Å²) in [6.07, 6.45) is 9.47. The number of fused-ring (bicyclic) bond motifs is 1. The predicted octanol–water partition coefficient (Wildman–Crippen LogP) is 4.61. The van der Waals surface area contributed by atoms with Crippen LogP contribution in [0.2, 0.25) is 5.02 Å². The first-order chi connectivity index (χ1) is 9.70. The van der Waals surface area contributed by atoms with E-state index >= 15 is 0 Å². The highest BCUT2D eigenvalue weighted by atomic mass is 35.5. The monoisotopic (exact) mass is 291 g/mol. The van der Waals surface area contributed by atoms with Crippen LogP contribution in [0.1, 0.15) is 50.2 Å². The van der Waals surface area contributed by atoms with E-state index in [-0.39, 0.29) is 0 Å². The maximum Gasteiger partial charge on any atom is 0.0408 e. The highest BCUT2D eigenvalue weighted by Crippen LogP contribution is 2.30. The van der Waals surface area contributed by atoms with Crippen molar-refractivity contribution in [3.05, 3.63) is 34.3 Å². The van der Waals surface area contributed by atoms with Crippen molar-refractivity contribution in [2.75, 3.05) is 6.54 Å². The van der Waals surface area contributed by atoms with Gasteiger partial charge in [-0.15, -0.1) is 0 Å². The molecule has 3 rings (SSSR count). The smallest absolute Gasteiger partial charge is 0.0408 e. The fourth-order valence-electron chi connectivity index (χ4n) is 3.84. The van der Waals surface area contributed by atoms with E-state index in [1.165, 1.54) is 56.2 Å². The molecule has 0 bridgehead atoms. The van der Waals surface area contributed by atoms with Gasteiger partial charge in [0.25, 0.3) is 0 Å². The molecule has 2 heteroatoms. The van der Waals surface area contributed by atoms with Gasteiger partial charge in [0, 0.05) is 11.1 Å². The first-order valence-corrected chi connectivity index (χ1v) is 8.59. The summed E-state index contributed by atoms with van der Waals surface area (Å²) >= 11 is 6.07. The average molecular weight is 292 g/mol. The van der Waals surface area contributed by atoms with Crippen LogP contribution in [0.3, 0.4) is 0 Å². The normalized spacial score (nSPS) is 29.4. The van der Waals surface area contributed by atoms with Gasteiger partial charge < -0.3 is 5.32 Å². The van der Waals surface area contributed by atoms with Gasteiger partial charge in [-0.3, -0.25) is 0 Å². The third-order valence-electron chi connectivity index (χ3n) is 5.22. The van der Waals surface area contributed by atoms with Gasteiger partial charge in [-0.1, -0.05) is 50.3 Å². The number of halogens is 1. The number of rotatable bonds is 4. The Morgan fingerprint density at radius 3 is 2.65 bits per heavy atom. The van der Waals surface area contributed by atoms with Crippen molar-refractivity contribution < 1.29 is 0 Å². The van der Waals surface area contributed by atoms with E-state index in [1.54, 1.807) is 0 Å². The molecule has 1 aromatic carbocycles. The summed E-state index contributed by atoms with van der Waals surface area (Å²) in [6.45, 7) is 3.58. The van der Waals surface area contributed by atoms with E-state index in [9.17, 15) is 0 Å². The molecule has 0 amide bonds. The van der Waals surface area contributed by atoms with Crippen LogP contribution in [0, 0.1) is 11.8 Å². The first kappa shape index (κ1) is 14.4. The zero-order valence-corrected chi connectivity index (χ0v) is 13.3. The lowest BCUT2D eigenvalue weighted by Gasteiger charge is -2.26. The van der Waals surface area contributed by atoms with Crippen molar-refractivity contribution in [2.24, 2.45) is 11.8 Å². The molecule has 0 radical (unpaired) electrons. The van der Waals surface area contributed by atoms with Gasteiger partial charge in [0.05, 0.1) is 0 Å². The van der Waals surface area contributed by atoms with Gasteiger partial charge in [0.2, 0.25) is 0 Å². The standard InChI is InChI=1S/C18H26ClN/c1-13-2-4-14(5-3-13)8-9-20-18-11-15-6-7-17(19)10-16(15)12-18/h6-7,10,13-14,18,20H,2-5,8-9,11-12H2,1H3. The molecule has 1 fully saturated rings. The zero-order valence-electron chi connectivity index (χ0n) is 12.5. The van der Waals surface area contributed by atoms with E-state index in [2.05, 4.69) is 24.4 Å². The molecule has 1 aromatic rings. The first-order valence-electron chi connectivity index (χ1n) is 8.21. The Balaban J connectivity index is 1.40. The van der Waals surface area contributed by atoms with Gasteiger partial charge in [0.15, 0.2) is 0 Å². The summed E-state index contributed by atoms with van der Waals surface area (Å²) in [5.74, 6) is 1.94. The molecule has 2 aliphatic rings. The molecule has 1 atom stereocenters. The largest absolute Gasteiger partial charge is 0.313 e. The van der Waals surface area contributed by atoms with Crippen molar-refractivity contribution >= 4 is 11.6 Å². The second kappa shape index (κ2) is 6.49. The SMILES string of the molecule is CC1CCC(CCNC2Cc3ccc(Cl)cc3C2)CC1. The van der Waals surface area contributed by atoms with E-state index in [0.29, 0.717) is 6.04 Å². The van der Waals surface area contributed by atoms with Gasteiger partial charge >= 0.3 is 0 Å². The van der Waals surface area contributed by atoms with E-state index in [0.717, 1.165) is 23.3 Å². The summed E-state index contributed by atoms with van der Waals surface area (Å²) in [5.41, 5.74) is 2.93. The molecule has 1 unspecified atom stereocenters. The van der Waals surface area contributed by atoms with Crippen LogP contribution in [0.15, 0.2) is 18.2 Å². The minimum absolute atomic E-state index is 0.631. The Morgan fingerprint density at radius 1 is 1.10 bits per heavy atom. The average Bonchev–Trinajstić information content (AvgIpc) is 2.83. The highest BCUT2D eigenvalue weighted by molar-refractivity contribution is 6.30. The molecule has 0 saturated heterocycles. The Bertz CT molecular complexity index is 449. The molecule has 0 aliphatic heterocycles. The van der Waals surface area contributed by atoms with Crippen molar-refractivity contribution in [1.82, 2.24) is 5.32 Å². The summed E-state index contributed by atoms with van der Waals surface area (Å²) < 4.78 is 0. The maximum atomic E-state index is 6.07. The molecule has 110 valence electrons. The molecular weight excluding hydrogens is 266 g/mol. The third kappa shape index (κ3) is 3.56. The van der Waals surface area contributed by atoms with Gasteiger partial charge in [0.1, 0.15) is 0 Å². The summed E-state index contributed by atoms with van der Waals surface area (Å²) in [7, 11) is 0. The minimum atomic E-state index is 0.631. The third-order valence-corrected chi connectivity index (χ3v) is 5.46. The Kier molecular flexibility index (Phi) is 4.68. The van der Waals surface area contributed by atoms with Crippen LogP contribution in [-0.2, 0) is 12.8 Å². The predicted molar refractivity (Wildman–Crippen MR) is 86.4 cm³/mol. The Hall–Kier alpha value is -0.530. The van der Waals surface area contributed by atoms with Crippen LogP contribution in [-0.4, -0.2) is 12.6 Å². The summed E-state index contributed by atoms with van der Waals surface area (Å²) in [5, 5.41) is 4.64. The number of nitrogens with one attached hydrogen (secondary N) is 1. The van der Waals surface area contributed by atoms with Crippen LogP contribution in [0.5, 0.6) is 0 Å². The number of hydrogen-bond acceptors (Lipinski definition) is 1. The highest BCUT2D eigenvalue weighted by Gasteiger charge is 2.22. The van der Waals surface area contributed by atoms with Gasteiger partial charge in [-0.05, 0) is 60.9 Å². The van der Waals surface area contributed by atoms with Gasteiger partial charge in [-0.2, -0.15) is 0 Å². The fraction of sp³-hybridized carbons (Fsp3) is 0.667. The minimum Gasteiger partial charge on any atom is -0.313 e. The number of benzene rings is 1. The topological polar surface area (TPSA) is 12.0 Å². The van der Waals surface area contributed by atoms with Crippen molar-refractivity contribution in [1.29, 1.82) is 0 Å². The molecule has 1 saturated carbocycles. The molecule has 0 aromatic heterocycles. The van der Waals surface area contributed by atoms with Crippen LogP contribution >= 0.6 is 11.6 Å². The van der Waals surface area contributed by atoms with Crippen LogP contribution in [0.4, 0.5) is 0 Å². The van der Waals surface area contributed by atoms with Crippen LogP contribution < -0.4 is 5.32 Å². The second-order valence-corrected chi connectivity index (χ2v) is 7.32. The second-order valence-electron chi connectivity index (χ2n) is 6.89. The Labute approximate surface area is 128 Å². The lowest BCUT2D eigenvalue weighted by molar-refractivity contribution is 0.272.